The first-order chi connectivity index (χ1) is 12.2. The largest absolute Gasteiger partial charge is 0.462 e. The predicted molar refractivity (Wildman–Crippen MR) is 98.2 cm³/mol. The molecule has 0 bridgehead atoms. The molecule has 0 unspecified atom stereocenters. The van der Waals surface area contributed by atoms with Crippen LogP contribution in [0.15, 0.2) is 24.3 Å². The van der Waals surface area contributed by atoms with Crippen LogP contribution >= 0.6 is 45.8 Å². The maximum Gasteiger partial charge on any atom is 0.387 e. The minimum Gasteiger partial charge on any atom is -0.462 e. The average Bonchev–Trinajstić information content (AvgIpc) is 2.56. The third-order valence-electron chi connectivity index (χ3n) is 2.95. The van der Waals surface area contributed by atoms with Gasteiger partial charge < -0.3 is 14.2 Å². The molecule has 0 saturated heterocycles. The molecule has 4 nitrogen and oxygen atoms in total. The minimum absolute atomic E-state index is 0.0593. The number of halogens is 6. The highest BCUT2D eigenvalue weighted by Crippen LogP contribution is 2.41. The highest BCUT2D eigenvalue weighted by Gasteiger charge is 2.24. The van der Waals surface area contributed by atoms with Gasteiger partial charge in [-0.2, -0.15) is 8.78 Å². The molecular formula is C16H10Cl2F3IO4. The number of alkyl halides is 2. The summed E-state index contributed by atoms with van der Waals surface area (Å²) in [4.78, 5) is 11.8. The van der Waals surface area contributed by atoms with E-state index in [9.17, 15) is 18.0 Å². The molecule has 10 heteroatoms. The number of ether oxygens (including phenoxy) is 3. The molecule has 0 spiro atoms. The second-order valence-corrected chi connectivity index (χ2v) is 6.58. The van der Waals surface area contributed by atoms with E-state index in [0.29, 0.717) is 0 Å². The third kappa shape index (κ3) is 4.86. The number of hydrogen-bond donors (Lipinski definition) is 0. The average molecular weight is 521 g/mol. The van der Waals surface area contributed by atoms with E-state index in [1.165, 1.54) is 12.1 Å². The molecule has 0 heterocycles. The molecule has 140 valence electrons. The summed E-state index contributed by atoms with van der Waals surface area (Å²) in [6.07, 6.45) is 0. The smallest absolute Gasteiger partial charge is 0.387 e. The van der Waals surface area contributed by atoms with Gasteiger partial charge in [-0.3, -0.25) is 0 Å². The normalized spacial score (nSPS) is 10.8. The summed E-state index contributed by atoms with van der Waals surface area (Å²) >= 11 is 13.4. The van der Waals surface area contributed by atoms with Gasteiger partial charge in [-0.25, -0.2) is 9.18 Å². The van der Waals surface area contributed by atoms with E-state index >= 15 is 0 Å². The van der Waals surface area contributed by atoms with Crippen molar-refractivity contribution < 1.29 is 32.2 Å². The fourth-order valence-electron chi connectivity index (χ4n) is 1.89. The Morgan fingerprint density at radius 1 is 1.23 bits per heavy atom. The Bertz CT molecular complexity index is 834. The Morgan fingerprint density at radius 3 is 2.54 bits per heavy atom. The van der Waals surface area contributed by atoms with Crippen LogP contribution in [0.3, 0.4) is 0 Å². The van der Waals surface area contributed by atoms with Gasteiger partial charge in [-0.05, 0) is 47.7 Å². The van der Waals surface area contributed by atoms with Crippen LogP contribution in [0.5, 0.6) is 17.2 Å². The monoisotopic (exact) mass is 520 g/mol. The van der Waals surface area contributed by atoms with E-state index in [1.807, 2.05) is 0 Å². The molecule has 2 aromatic rings. The van der Waals surface area contributed by atoms with Crippen molar-refractivity contribution >= 4 is 51.8 Å². The van der Waals surface area contributed by atoms with Gasteiger partial charge in [0.15, 0.2) is 23.1 Å². The lowest BCUT2D eigenvalue weighted by atomic mass is 10.2. The van der Waals surface area contributed by atoms with Crippen molar-refractivity contribution in [3.05, 3.63) is 49.3 Å². The first kappa shape index (κ1) is 20.9. The Kier molecular flexibility index (Phi) is 7.24. The Balaban J connectivity index is 2.45. The van der Waals surface area contributed by atoms with Crippen molar-refractivity contribution in [1.82, 2.24) is 0 Å². The lowest BCUT2D eigenvalue weighted by molar-refractivity contribution is -0.0510. The molecule has 0 atom stereocenters. The summed E-state index contributed by atoms with van der Waals surface area (Å²) in [5, 5.41) is 0.0226. The Labute approximate surface area is 170 Å². The summed E-state index contributed by atoms with van der Waals surface area (Å²) in [7, 11) is 0. The van der Waals surface area contributed by atoms with Gasteiger partial charge in [0.05, 0.1) is 20.8 Å². The topological polar surface area (TPSA) is 44.8 Å². The zero-order valence-electron chi connectivity index (χ0n) is 13.0. The molecular weight excluding hydrogens is 511 g/mol. The number of carbonyl (C=O) groups excluding carboxylic acids is 1. The van der Waals surface area contributed by atoms with Crippen LogP contribution in [0.1, 0.15) is 17.3 Å². The van der Waals surface area contributed by atoms with Crippen molar-refractivity contribution in [2.24, 2.45) is 0 Å². The summed E-state index contributed by atoms with van der Waals surface area (Å²) in [6, 6.07) is 4.80. The first-order valence-corrected chi connectivity index (χ1v) is 8.84. The van der Waals surface area contributed by atoms with E-state index in [0.717, 1.165) is 12.1 Å². The SMILES string of the molecule is CCOC(=O)c1cc(Cl)c(Oc2ccc(Cl)cc2OC(F)F)c(I)c1F. The summed E-state index contributed by atoms with van der Waals surface area (Å²) in [6.45, 7) is -1.48. The van der Waals surface area contributed by atoms with Gasteiger partial charge in [-0.15, -0.1) is 0 Å². The van der Waals surface area contributed by atoms with Gasteiger partial charge in [0.25, 0.3) is 0 Å². The van der Waals surface area contributed by atoms with Gasteiger partial charge in [0.1, 0.15) is 0 Å². The zero-order valence-corrected chi connectivity index (χ0v) is 16.7. The molecule has 2 rings (SSSR count). The highest BCUT2D eigenvalue weighted by molar-refractivity contribution is 14.1. The minimum atomic E-state index is -3.12. The number of esters is 1. The molecule has 0 fully saturated rings. The standard InChI is InChI=1S/C16H10Cl2F3IO4/c1-2-24-15(23)8-6-9(18)14(13(22)12(8)19)25-10-4-3-7(17)5-11(10)26-16(20)21/h3-6,16H,2H2,1H3. The second kappa shape index (κ2) is 9.01. The van der Waals surface area contributed by atoms with Crippen LogP contribution in [0.25, 0.3) is 0 Å². The van der Waals surface area contributed by atoms with Crippen molar-refractivity contribution in [2.45, 2.75) is 13.5 Å². The number of hydrogen-bond acceptors (Lipinski definition) is 4. The maximum absolute atomic E-state index is 14.5. The molecule has 0 aliphatic carbocycles. The first-order valence-electron chi connectivity index (χ1n) is 7.01. The van der Waals surface area contributed by atoms with Crippen LogP contribution < -0.4 is 9.47 Å². The highest BCUT2D eigenvalue weighted by atomic mass is 127. The second-order valence-electron chi connectivity index (χ2n) is 4.66. The van der Waals surface area contributed by atoms with E-state index in [4.69, 9.17) is 32.7 Å². The predicted octanol–water partition coefficient (Wildman–Crippen LogP) is 6.31. The molecule has 26 heavy (non-hydrogen) atoms. The molecule has 0 radical (unpaired) electrons. The van der Waals surface area contributed by atoms with Gasteiger partial charge in [-0.1, -0.05) is 23.2 Å². The molecule has 0 aliphatic heterocycles. The van der Waals surface area contributed by atoms with Crippen LogP contribution in [0, 0.1) is 9.39 Å². The molecule has 0 saturated carbocycles. The maximum atomic E-state index is 14.5. The summed E-state index contributed by atoms with van der Waals surface area (Å²) in [5.41, 5.74) is -0.367. The lowest BCUT2D eigenvalue weighted by Gasteiger charge is -2.15. The number of carbonyl (C=O) groups is 1. The van der Waals surface area contributed by atoms with Crippen molar-refractivity contribution in [2.75, 3.05) is 6.61 Å². The fourth-order valence-corrected chi connectivity index (χ4v) is 3.15. The van der Waals surface area contributed by atoms with Gasteiger partial charge in [0.2, 0.25) is 0 Å². The summed E-state index contributed by atoms with van der Waals surface area (Å²) in [5.74, 6) is -2.47. The van der Waals surface area contributed by atoms with Gasteiger partial charge >= 0.3 is 12.6 Å². The van der Waals surface area contributed by atoms with Crippen LogP contribution in [0.4, 0.5) is 13.2 Å². The summed E-state index contributed by atoms with van der Waals surface area (Å²) < 4.78 is 54.0. The van der Waals surface area contributed by atoms with E-state index in [2.05, 4.69) is 4.74 Å². The molecule has 0 amide bonds. The van der Waals surface area contributed by atoms with E-state index in [1.54, 1.807) is 29.5 Å². The quantitative estimate of drug-likeness (QED) is 0.254. The van der Waals surface area contributed by atoms with Crippen molar-refractivity contribution in [3.8, 4) is 17.2 Å². The van der Waals surface area contributed by atoms with Crippen molar-refractivity contribution in [1.29, 1.82) is 0 Å². The van der Waals surface area contributed by atoms with Crippen molar-refractivity contribution in [3.63, 3.8) is 0 Å². The Morgan fingerprint density at radius 2 is 1.92 bits per heavy atom. The van der Waals surface area contributed by atoms with Crippen LogP contribution in [0.2, 0.25) is 10.0 Å². The molecule has 2 aromatic carbocycles. The molecule has 0 aromatic heterocycles. The third-order valence-corrected chi connectivity index (χ3v) is 4.42. The van der Waals surface area contributed by atoms with Gasteiger partial charge in [0, 0.05) is 11.1 Å². The lowest BCUT2D eigenvalue weighted by Crippen LogP contribution is -2.09. The molecule has 0 N–H and O–H groups in total. The zero-order chi connectivity index (χ0) is 19.4. The van der Waals surface area contributed by atoms with Crippen LogP contribution in [-0.2, 0) is 4.74 Å². The van der Waals surface area contributed by atoms with E-state index in [-0.39, 0.29) is 43.0 Å². The molecule has 0 aliphatic rings. The number of benzene rings is 2. The fraction of sp³-hybridized carbons (Fsp3) is 0.188. The Hall–Kier alpha value is -1.39. The van der Waals surface area contributed by atoms with Crippen LogP contribution in [-0.4, -0.2) is 19.2 Å². The number of rotatable bonds is 6. The van der Waals surface area contributed by atoms with E-state index < -0.39 is 18.4 Å².